The highest BCUT2D eigenvalue weighted by Crippen LogP contribution is 2.29. The summed E-state index contributed by atoms with van der Waals surface area (Å²) in [4.78, 5) is 17.3. The smallest absolute Gasteiger partial charge is 0.395 e. The van der Waals surface area contributed by atoms with Gasteiger partial charge in [0.15, 0.2) is 0 Å². The Morgan fingerprint density at radius 1 is 1.30 bits per heavy atom. The van der Waals surface area contributed by atoms with Crippen LogP contribution in [-0.4, -0.2) is 51.9 Å². The van der Waals surface area contributed by atoms with Crippen molar-refractivity contribution in [3.8, 4) is 11.4 Å². The first kappa shape index (κ1) is 19.3. The minimum atomic E-state index is -4.70. The highest BCUT2D eigenvalue weighted by Gasteiger charge is 2.38. The van der Waals surface area contributed by atoms with E-state index in [1.807, 2.05) is 0 Å². The molecule has 27 heavy (non-hydrogen) atoms. The van der Waals surface area contributed by atoms with E-state index in [1.54, 1.807) is 24.3 Å². The number of alkyl halides is 3. The molecule has 1 amide bonds. The van der Waals surface area contributed by atoms with Crippen LogP contribution in [0.1, 0.15) is 24.3 Å². The van der Waals surface area contributed by atoms with Crippen LogP contribution in [0.15, 0.2) is 28.8 Å². The van der Waals surface area contributed by atoms with E-state index in [-0.39, 0.29) is 31.4 Å². The van der Waals surface area contributed by atoms with Gasteiger partial charge in [-0.25, -0.2) is 0 Å². The maximum Gasteiger partial charge on any atom is 0.471 e. The fourth-order valence-electron chi connectivity index (χ4n) is 2.80. The number of hydrogen-bond donors (Lipinski definition) is 1. The third-order valence-electron chi connectivity index (χ3n) is 4.14. The molecule has 0 aliphatic carbocycles. The van der Waals surface area contributed by atoms with Crippen LogP contribution in [0, 0.1) is 0 Å². The Labute approximate surface area is 152 Å². The largest absolute Gasteiger partial charge is 0.471 e. The summed E-state index contributed by atoms with van der Waals surface area (Å²) in [6, 6.07) is 6.42. The van der Waals surface area contributed by atoms with E-state index in [2.05, 4.69) is 14.7 Å². The average Bonchev–Trinajstić information content (AvgIpc) is 3.33. The molecule has 2 aromatic rings. The average molecular weight is 385 g/mol. The predicted molar refractivity (Wildman–Crippen MR) is 86.2 cm³/mol. The van der Waals surface area contributed by atoms with Crippen LogP contribution >= 0.6 is 0 Å². The zero-order valence-corrected chi connectivity index (χ0v) is 14.3. The molecular formula is C17H18F3N3O4. The monoisotopic (exact) mass is 385 g/mol. The molecule has 2 heterocycles. The fourth-order valence-corrected chi connectivity index (χ4v) is 2.80. The molecule has 1 aromatic heterocycles. The quantitative estimate of drug-likeness (QED) is 0.821. The Balaban J connectivity index is 1.70. The summed E-state index contributed by atoms with van der Waals surface area (Å²) < 4.78 is 47.2. The standard InChI is InChI=1S/C17H18F3N3O4/c18-17(19,20)16-21-14(22-27-16)12-5-3-11(4-6-12)10-23(7-8-24)15(25)13-2-1-9-26-13/h3-6,13,24H,1-2,7-10H2. The van der Waals surface area contributed by atoms with Crippen LogP contribution < -0.4 is 0 Å². The van der Waals surface area contributed by atoms with Crippen LogP contribution in [0.5, 0.6) is 0 Å². The summed E-state index contributed by atoms with van der Waals surface area (Å²) >= 11 is 0. The molecule has 7 nitrogen and oxygen atoms in total. The number of hydrogen-bond acceptors (Lipinski definition) is 6. The molecule has 1 unspecified atom stereocenters. The van der Waals surface area contributed by atoms with Crippen LogP contribution in [0.3, 0.4) is 0 Å². The van der Waals surface area contributed by atoms with Crippen LogP contribution in [0.4, 0.5) is 13.2 Å². The van der Waals surface area contributed by atoms with Crippen molar-refractivity contribution in [2.45, 2.75) is 31.7 Å². The third kappa shape index (κ3) is 4.64. The molecule has 1 N–H and O–H groups in total. The second kappa shape index (κ2) is 8.05. The molecule has 146 valence electrons. The highest BCUT2D eigenvalue weighted by molar-refractivity contribution is 5.81. The molecule has 1 atom stereocenters. The molecule has 3 rings (SSSR count). The van der Waals surface area contributed by atoms with E-state index < -0.39 is 18.2 Å². The van der Waals surface area contributed by atoms with Gasteiger partial charge in [0.25, 0.3) is 5.91 Å². The van der Waals surface area contributed by atoms with Crippen LogP contribution in [0.25, 0.3) is 11.4 Å². The van der Waals surface area contributed by atoms with Gasteiger partial charge < -0.3 is 19.3 Å². The van der Waals surface area contributed by atoms with Crippen molar-refractivity contribution in [3.05, 3.63) is 35.7 Å². The number of carbonyl (C=O) groups is 1. The second-order valence-corrected chi connectivity index (χ2v) is 6.10. The number of aliphatic hydroxyl groups is 1. The van der Waals surface area contributed by atoms with E-state index in [4.69, 9.17) is 4.74 Å². The fraction of sp³-hybridized carbons (Fsp3) is 0.471. The van der Waals surface area contributed by atoms with Crippen molar-refractivity contribution >= 4 is 5.91 Å². The summed E-state index contributed by atoms with van der Waals surface area (Å²) in [6.07, 6.45) is -3.71. The lowest BCUT2D eigenvalue weighted by Crippen LogP contribution is -2.40. The minimum absolute atomic E-state index is 0.167. The van der Waals surface area contributed by atoms with Crippen LogP contribution in [0.2, 0.25) is 0 Å². The lowest BCUT2D eigenvalue weighted by atomic mass is 10.1. The Morgan fingerprint density at radius 2 is 2.04 bits per heavy atom. The van der Waals surface area contributed by atoms with Gasteiger partial charge in [-0.2, -0.15) is 18.2 Å². The Kier molecular flexibility index (Phi) is 5.76. The van der Waals surface area contributed by atoms with Crippen LogP contribution in [-0.2, 0) is 22.3 Å². The molecule has 0 bridgehead atoms. The van der Waals surface area contributed by atoms with Gasteiger partial charge in [-0.05, 0) is 18.4 Å². The first-order chi connectivity index (χ1) is 12.9. The van der Waals surface area contributed by atoms with Gasteiger partial charge in [0.1, 0.15) is 6.10 Å². The van der Waals surface area contributed by atoms with E-state index >= 15 is 0 Å². The van der Waals surface area contributed by atoms with Gasteiger partial charge in [-0.3, -0.25) is 4.79 Å². The van der Waals surface area contributed by atoms with Crippen molar-refractivity contribution in [3.63, 3.8) is 0 Å². The minimum Gasteiger partial charge on any atom is -0.395 e. The van der Waals surface area contributed by atoms with Crippen molar-refractivity contribution < 1.29 is 32.3 Å². The molecule has 1 aliphatic heterocycles. The lowest BCUT2D eigenvalue weighted by Gasteiger charge is -2.24. The van der Waals surface area contributed by atoms with Gasteiger partial charge in [0, 0.05) is 25.3 Å². The van der Waals surface area contributed by atoms with E-state index in [1.165, 1.54) is 4.90 Å². The molecule has 0 saturated carbocycles. The third-order valence-corrected chi connectivity index (χ3v) is 4.14. The number of rotatable bonds is 6. The zero-order chi connectivity index (χ0) is 19.4. The first-order valence-electron chi connectivity index (χ1n) is 8.40. The Bertz CT molecular complexity index is 770. The number of ether oxygens (including phenoxy) is 1. The Hall–Kier alpha value is -2.46. The number of benzene rings is 1. The number of carbonyl (C=O) groups excluding carboxylic acids is 1. The summed E-state index contributed by atoms with van der Waals surface area (Å²) in [7, 11) is 0. The summed E-state index contributed by atoms with van der Waals surface area (Å²) in [5.41, 5.74) is 1.11. The first-order valence-corrected chi connectivity index (χ1v) is 8.40. The molecule has 1 aliphatic rings. The number of amides is 1. The van der Waals surface area contributed by atoms with Crippen molar-refractivity contribution in [2.75, 3.05) is 19.8 Å². The van der Waals surface area contributed by atoms with Gasteiger partial charge in [0.2, 0.25) is 5.82 Å². The number of nitrogens with zero attached hydrogens (tertiary/aromatic N) is 3. The summed E-state index contributed by atoms with van der Waals surface area (Å²) in [5, 5.41) is 12.5. The summed E-state index contributed by atoms with van der Waals surface area (Å²) in [5.74, 6) is -1.76. The molecule has 0 radical (unpaired) electrons. The van der Waals surface area contributed by atoms with Gasteiger partial charge in [-0.15, -0.1) is 0 Å². The summed E-state index contributed by atoms with van der Waals surface area (Å²) in [6.45, 7) is 0.780. The number of aromatic nitrogens is 2. The van der Waals surface area contributed by atoms with E-state index in [0.29, 0.717) is 18.6 Å². The number of halogens is 3. The maximum absolute atomic E-state index is 12.5. The van der Waals surface area contributed by atoms with Gasteiger partial charge in [0.05, 0.1) is 6.61 Å². The SMILES string of the molecule is O=C(C1CCCO1)N(CCO)Cc1ccc(-c2noc(C(F)(F)F)n2)cc1. The van der Waals surface area contributed by atoms with Crippen molar-refractivity contribution in [1.29, 1.82) is 0 Å². The predicted octanol–water partition coefficient (Wildman–Crippen LogP) is 2.26. The normalized spacial score (nSPS) is 17.3. The highest BCUT2D eigenvalue weighted by atomic mass is 19.4. The maximum atomic E-state index is 12.5. The Morgan fingerprint density at radius 3 is 2.59 bits per heavy atom. The topological polar surface area (TPSA) is 88.7 Å². The van der Waals surface area contributed by atoms with E-state index in [9.17, 15) is 23.1 Å². The van der Waals surface area contributed by atoms with Crippen molar-refractivity contribution in [1.82, 2.24) is 15.0 Å². The molecule has 1 saturated heterocycles. The van der Waals surface area contributed by atoms with Gasteiger partial charge >= 0.3 is 12.1 Å². The lowest BCUT2D eigenvalue weighted by molar-refractivity contribution is -0.159. The second-order valence-electron chi connectivity index (χ2n) is 6.10. The molecule has 0 spiro atoms. The molecule has 1 fully saturated rings. The molecule has 1 aromatic carbocycles. The van der Waals surface area contributed by atoms with E-state index in [0.717, 1.165) is 12.0 Å². The zero-order valence-electron chi connectivity index (χ0n) is 14.3. The van der Waals surface area contributed by atoms with Crippen molar-refractivity contribution in [2.24, 2.45) is 0 Å². The molecular weight excluding hydrogens is 367 g/mol. The van der Waals surface area contributed by atoms with Gasteiger partial charge in [-0.1, -0.05) is 29.4 Å². The molecule has 10 heteroatoms. The number of aliphatic hydroxyl groups excluding tert-OH is 1.